The summed E-state index contributed by atoms with van der Waals surface area (Å²) in [6.45, 7) is 0. The molecular formula is C25H22N2O4S. The molecule has 2 aliphatic rings. The van der Waals surface area contributed by atoms with Gasteiger partial charge in [-0.3, -0.25) is 14.2 Å². The van der Waals surface area contributed by atoms with Gasteiger partial charge in [0.15, 0.2) is 22.1 Å². The van der Waals surface area contributed by atoms with Crippen LogP contribution in [0.5, 0.6) is 11.5 Å². The molecule has 0 spiro atoms. The van der Waals surface area contributed by atoms with E-state index in [9.17, 15) is 9.59 Å². The number of hydrogen-bond acceptors (Lipinski definition) is 6. The fourth-order valence-electron chi connectivity index (χ4n) is 4.43. The minimum atomic E-state index is -0.454. The summed E-state index contributed by atoms with van der Waals surface area (Å²) in [5, 5.41) is 0. The first-order valence-corrected chi connectivity index (χ1v) is 11.3. The largest absolute Gasteiger partial charge is 0.493 e. The van der Waals surface area contributed by atoms with Gasteiger partial charge in [0, 0.05) is 17.6 Å². The number of allylic oxidation sites excluding steroid dienone is 2. The Kier molecular flexibility index (Phi) is 5.27. The number of rotatable bonds is 4. The molecule has 32 heavy (non-hydrogen) atoms. The highest BCUT2D eigenvalue weighted by molar-refractivity contribution is 7.07. The van der Waals surface area contributed by atoms with Gasteiger partial charge in [-0.05, 0) is 30.5 Å². The molecule has 0 radical (unpaired) electrons. The Morgan fingerprint density at radius 3 is 2.59 bits per heavy atom. The number of nitrogens with zero attached hydrogens (tertiary/aromatic N) is 2. The SMILES string of the molecule is COc1cccc(C=c2sc3n(c2=O)C(c2ccccc2)C2=C(CCCC2=O)N=3)c1OC. The van der Waals surface area contributed by atoms with E-state index in [1.165, 1.54) is 11.3 Å². The van der Waals surface area contributed by atoms with E-state index >= 15 is 0 Å². The number of fused-ring (bicyclic) bond motifs is 1. The number of methoxy groups -OCH3 is 2. The maximum Gasteiger partial charge on any atom is 0.271 e. The third kappa shape index (κ3) is 3.29. The monoisotopic (exact) mass is 446 g/mol. The predicted molar refractivity (Wildman–Crippen MR) is 123 cm³/mol. The zero-order valence-corrected chi connectivity index (χ0v) is 18.6. The van der Waals surface area contributed by atoms with Gasteiger partial charge in [0.25, 0.3) is 5.56 Å². The number of ketones is 1. The lowest BCUT2D eigenvalue weighted by molar-refractivity contribution is -0.116. The van der Waals surface area contributed by atoms with Crippen molar-refractivity contribution in [3.8, 4) is 11.5 Å². The molecule has 1 aliphatic heterocycles. The number of Topliss-reactive ketones (excluding diaryl/α,β-unsaturated/α-hetero) is 1. The van der Waals surface area contributed by atoms with Crippen LogP contribution in [0.3, 0.4) is 0 Å². The Morgan fingerprint density at radius 1 is 1.03 bits per heavy atom. The van der Waals surface area contributed by atoms with E-state index in [4.69, 9.17) is 14.5 Å². The molecule has 1 unspecified atom stereocenters. The second kappa shape index (κ2) is 8.24. The number of carbonyl (C=O) groups is 1. The van der Waals surface area contributed by atoms with Gasteiger partial charge in [-0.15, -0.1) is 0 Å². The highest BCUT2D eigenvalue weighted by Crippen LogP contribution is 2.36. The van der Waals surface area contributed by atoms with Crippen molar-refractivity contribution in [2.75, 3.05) is 14.2 Å². The van der Waals surface area contributed by atoms with E-state index in [2.05, 4.69) is 0 Å². The van der Waals surface area contributed by atoms with Crippen molar-refractivity contribution >= 4 is 23.2 Å². The van der Waals surface area contributed by atoms with Crippen LogP contribution in [0, 0.1) is 0 Å². The molecule has 6 nitrogen and oxygen atoms in total. The van der Waals surface area contributed by atoms with Crippen LogP contribution in [0.1, 0.15) is 36.4 Å². The summed E-state index contributed by atoms with van der Waals surface area (Å²) in [6.07, 6.45) is 3.83. The lowest BCUT2D eigenvalue weighted by Crippen LogP contribution is -2.40. The predicted octanol–water partition coefficient (Wildman–Crippen LogP) is 2.99. The Labute approximate surface area is 188 Å². The molecule has 0 amide bonds. The average Bonchev–Trinajstić information content (AvgIpc) is 3.13. The van der Waals surface area contributed by atoms with Gasteiger partial charge >= 0.3 is 0 Å². The normalized spacial score (nSPS) is 18.1. The van der Waals surface area contributed by atoms with E-state index < -0.39 is 6.04 Å². The fraction of sp³-hybridized carbons (Fsp3) is 0.240. The minimum absolute atomic E-state index is 0.0765. The van der Waals surface area contributed by atoms with Gasteiger partial charge in [0.05, 0.1) is 30.5 Å². The number of thiazole rings is 1. The number of aromatic nitrogens is 1. The highest BCUT2D eigenvalue weighted by Gasteiger charge is 2.34. The first-order valence-electron chi connectivity index (χ1n) is 10.5. The van der Waals surface area contributed by atoms with Crippen molar-refractivity contribution in [2.45, 2.75) is 25.3 Å². The number of para-hydroxylation sites is 1. The molecule has 162 valence electrons. The van der Waals surface area contributed by atoms with Gasteiger partial charge in [-0.2, -0.15) is 0 Å². The lowest BCUT2D eigenvalue weighted by atomic mass is 9.86. The topological polar surface area (TPSA) is 69.9 Å². The molecule has 0 fully saturated rings. The number of benzene rings is 2. The van der Waals surface area contributed by atoms with Crippen molar-refractivity contribution in [1.29, 1.82) is 0 Å². The van der Waals surface area contributed by atoms with Crippen LogP contribution >= 0.6 is 11.3 Å². The Balaban J connectivity index is 1.76. The van der Waals surface area contributed by atoms with E-state index in [0.717, 1.165) is 29.7 Å². The smallest absolute Gasteiger partial charge is 0.271 e. The zero-order chi connectivity index (χ0) is 22.2. The summed E-state index contributed by atoms with van der Waals surface area (Å²) in [6, 6.07) is 14.8. The molecule has 2 aromatic carbocycles. The molecule has 1 atom stereocenters. The van der Waals surface area contributed by atoms with Crippen molar-refractivity contribution in [1.82, 2.24) is 4.57 Å². The van der Waals surface area contributed by atoms with Gasteiger partial charge in [-0.25, -0.2) is 4.99 Å². The van der Waals surface area contributed by atoms with Crippen LogP contribution in [0.25, 0.3) is 6.08 Å². The summed E-state index contributed by atoms with van der Waals surface area (Å²) in [5.41, 5.74) is 2.95. The quantitative estimate of drug-likeness (QED) is 0.618. The molecule has 0 N–H and O–H groups in total. The molecule has 2 heterocycles. The molecule has 0 bridgehead atoms. The number of carbonyl (C=O) groups excluding carboxylic acids is 1. The summed E-state index contributed by atoms with van der Waals surface area (Å²) in [4.78, 5) is 31.9. The molecule has 0 saturated carbocycles. The van der Waals surface area contributed by atoms with Gasteiger partial charge in [-0.1, -0.05) is 53.8 Å². The van der Waals surface area contributed by atoms with Crippen LogP contribution < -0.4 is 24.4 Å². The first kappa shape index (κ1) is 20.5. The van der Waals surface area contributed by atoms with Gasteiger partial charge in [0.2, 0.25) is 0 Å². The Hall–Kier alpha value is -3.45. The van der Waals surface area contributed by atoms with E-state index in [-0.39, 0.29) is 11.3 Å². The van der Waals surface area contributed by atoms with Crippen molar-refractivity contribution in [3.63, 3.8) is 0 Å². The summed E-state index contributed by atoms with van der Waals surface area (Å²) in [7, 11) is 3.16. The Morgan fingerprint density at radius 2 is 1.84 bits per heavy atom. The van der Waals surface area contributed by atoms with Crippen molar-refractivity contribution < 1.29 is 14.3 Å². The summed E-state index contributed by atoms with van der Waals surface area (Å²) in [5.74, 6) is 1.24. The second-order valence-corrected chi connectivity index (χ2v) is 8.72. The standard InChI is InChI=1S/C25H22N2O4S/c1-30-19-13-6-10-16(23(19)31-2)14-20-24(29)27-22(15-8-4-3-5-9-15)21-17(26-25(27)32-20)11-7-12-18(21)28/h3-6,8-10,13-14,22H,7,11-12H2,1-2H3. The second-order valence-electron chi connectivity index (χ2n) is 7.71. The lowest BCUT2D eigenvalue weighted by Gasteiger charge is -2.28. The molecular weight excluding hydrogens is 424 g/mol. The van der Waals surface area contributed by atoms with E-state index in [0.29, 0.717) is 32.8 Å². The van der Waals surface area contributed by atoms with Crippen LogP contribution in [0.2, 0.25) is 0 Å². The number of hydrogen-bond donors (Lipinski definition) is 0. The molecule has 1 aromatic heterocycles. The number of ether oxygens (including phenoxy) is 2. The third-order valence-corrected chi connectivity index (χ3v) is 6.85. The Bertz CT molecular complexity index is 1420. The maximum absolute atomic E-state index is 13.6. The molecule has 3 aromatic rings. The fourth-order valence-corrected chi connectivity index (χ4v) is 5.44. The molecule has 1 aliphatic carbocycles. The summed E-state index contributed by atoms with van der Waals surface area (Å²) >= 11 is 1.33. The van der Waals surface area contributed by atoms with E-state index in [1.54, 1.807) is 24.9 Å². The summed E-state index contributed by atoms with van der Waals surface area (Å²) < 4.78 is 13.1. The maximum atomic E-state index is 13.6. The van der Waals surface area contributed by atoms with Crippen molar-refractivity contribution in [2.24, 2.45) is 4.99 Å². The minimum Gasteiger partial charge on any atom is -0.493 e. The highest BCUT2D eigenvalue weighted by atomic mass is 32.1. The molecule has 7 heteroatoms. The van der Waals surface area contributed by atoms with Crippen molar-refractivity contribution in [3.05, 3.63) is 90.6 Å². The third-order valence-electron chi connectivity index (χ3n) is 5.86. The first-order chi connectivity index (χ1) is 15.6. The van der Waals surface area contributed by atoms with Crippen LogP contribution in [-0.2, 0) is 4.79 Å². The van der Waals surface area contributed by atoms with Crippen LogP contribution in [-0.4, -0.2) is 24.6 Å². The average molecular weight is 447 g/mol. The molecule has 0 saturated heterocycles. The van der Waals surface area contributed by atoms with Gasteiger partial charge < -0.3 is 9.47 Å². The zero-order valence-electron chi connectivity index (χ0n) is 17.8. The van der Waals surface area contributed by atoms with Gasteiger partial charge in [0.1, 0.15) is 0 Å². The molecule has 5 rings (SSSR count). The van der Waals surface area contributed by atoms with Crippen LogP contribution in [0.15, 0.2) is 69.6 Å². The van der Waals surface area contributed by atoms with Crippen LogP contribution in [0.4, 0.5) is 0 Å². The van der Waals surface area contributed by atoms with E-state index in [1.807, 2.05) is 48.5 Å².